The number of nitrogens with one attached hydrogen (secondary N) is 3. The highest BCUT2D eigenvalue weighted by atomic mass is 16.6. The van der Waals surface area contributed by atoms with E-state index >= 15 is 0 Å². The van der Waals surface area contributed by atoms with Crippen molar-refractivity contribution in [3.05, 3.63) is 207 Å². The number of anilines is 6. The van der Waals surface area contributed by atoms with Gasteiger partial charge < -0.3 is 58.6 Å². The lowest BCUT2D eigenvalue weighted by molar-refractivity contribution is -0.138. The lowest BCUT2D eigenvalue weighted by Gasteiger charge is -2.13. The molecule has 0 fully saturated rings. The molecule has 20 heteroatoms. The van der Waals surface area contributed by atoms with Gasteiger partial charge in [0, 0.05) is 40.9 Å². The predicted molar refractivity (Wildman–Crippen MR) is 316 cm³/mol. The summed E-state index contributed by atoms with van der Waals surface area (Å²) in [7, 11) is 0. The number of aromatic nitrogens is 3. The molecule has 0 aliphatic rings. The third-order valence-electron chi connectivity index (χ3n) is 11.6. The van der Waals surface area contributed by atoms with Gasteiger partial charge in [0.05, 0.1) is 50.8 Å². The largest absolute Gasteiger partial charge is 0.494 e. The molecule has 1 aromatic heterocycles. The molecule has 7 aromatic rings. The minimum atomic E-state index is -0.564. The van der Waals surface area contributed by atoms with Crippen LogP contribution in [0.3, 0.4) is 0 Å². The van der Waals surface area contributed by atoms with Crippen LogP contribution in [-0.2, 0) is 28.6 Å². The second-order valence-electron chi connectivity index (χ2n) is 17.9. The van der Waals surface area contributed by atoms with Crippen LogP contribution in [0.1, 0.15) is 64.8 Å². The summed E-state index contributed by atoms with van der Waals surface area (Å²) in [6.07, 6.45) is 7.35. The Morgan fingerprint density at radius 1 is 0.345 bits per heavy atom. The van der Waals surface area contributed by atoms with Gasteiger partial charge in [0.25, 0.3) is 0 Å². The quantitative estimate of drug-likeness (QED) is 0.00848. The van der Waals surface area contributed by atoms with Crippen LogP contribution in [-0.4, -0.2) is 84.4 Å². The van der Waals surface area contributed by atoms with Gasteiger partial charge in [-0.25, -0.2) is 24.0 Å². The number of unbranched alkanes of at least 4 members (excludes halogenated alkanes) is 3. The fourth-order valence-electron chi connectivity index (χ4n) is 7.27. The zero-order valence-corrected chi connectivity index (χ0v) is 46.0. The van der Waals surface area contributed by atoms with E-state index in [-0.39, 0.29) is 31.1 Å². The third-order valence-corrected chi connectivity index (χ3v) is 11.6. The fraction of sp³-hybridized carbons (Fsp3) is 0.188. The number of carbonyl (C=O) groups excluding carboxylic acids is 5. The smallest absolute Gasteiger partial charge is 0.343 e. The molecule has 0 unspecified atom stereocenters. The van der Waals surface area contributed by atoms with Gasteiger partial charge in [-0.05, 0) is 184 Å². The molecule has 0 aliphatic heterocycles. The maximum Gasteiger partial charge on any atom is 0.343 e. The first-order valence-corrected chi connectivity index (χ1v) is 26.7. The van der Waals surface area contributed by atoms with Gasteiger partial charge in [0.1, 0.15) is 40.3 Å². The highest BCUT2D eigenvalue weighted by Gasteiger charge is 2.14. The Morgan fingerprint density at radius 2 is 0.607 bits per heavy atom. The third kappa shape index (κ3) is 20.7. The monoisotopic (exact) mass is 1140 g/mol. The minimum absolute atomic E-state index is 0.158. The van der Waals surface area contributed by atoms with E-state index < -0.39 is 29.8 Å². The van der Waals surface area contributed by atoms with Gasteiger partial charge in [-0.2, -0.15) is 15.0 Å². The standard InChI is InChI=1S/C64H62N6O14/c1-5-57(71)79-41-11-8-38-76-51-26-14-45(15-27-51)44(4)82-54-32-20-48(21-33-54)65-62-68-63(66-49-22-34-55(35-23-49)83-60(74)46-16-28-52(29-17-46)77-39-9-12-42-80-58(72)6-2)70-64(69-62)67-50-24-36-56(37-25-50)84-61(75)47-18-30-53(31-19-47)78-40-10-13-43-81-59(73)7-3/h5-7,14-37H,1-4,8-13,38-43H2,(H3,65,66,67,68,69,70). The van der Waals surface area contributed by atoms with Crippen molar-refractivity contribution in [2.24, 2.45) is 0 Å². The second-order valence-corrected chi connectivity index (χ2v) is 17.9. The molecule has 0 spiro atoms. The van der Waals surface area contributed by atoms with Gasteiger partial charge >= 0.3 is 29.8 Å². The molecule has 84 heavy (non-hydrogen) atoms. The average molecular weight is 1140 g/mol. The molecule has 0 radical (unpaired) electrons. The highest BCUT2D eigenvalue weighted by Crippen LogP contribution is 2.28. The normalized spacial score (nSPS) is 10.4. The molecule has 0 bridgehead atoms. The molecule has 0 saturated carbocycles. The van der Waals surface area contributed by atoms with Crippen molar-refractivity contribution >= 4 is 70.5 Å². The van der Waals surface area contributed by atoms with Gasteiger partial charge in [-0.15, -0.1) is 0 Å². The Labute approximate surface area is 485 Å². The zero-order chi connectivity index (χ0) is 59.3. The van der Waals surface area contributed by atoms with Crippen LogP contribution in [0.2, 0.25) is 0 Å². The number of nitrogens with zero attached hydrogens (tertiary/aromatic N) is 3. The first kappa shape index (κ1) is 60.9. The minimum Gasteiger partial charge on any atom is -0.494 e. The maximum atomic E-state index is 13.1. The molecule has 1 heterocycles. The zero-order valence-electron chi connectivity index (χ0n) is 46.0. The van der Waals surface area contributed by atoms with Crippen LogP contribution in [0.15, 0.2) is 190 Å². The summed E-state index contributed by atoms with van der Waals surface area (Å²) in [5, 5.41) is 9.62. The number of rotatable bonds is 34. The van der Waals surface area contributed by atoms with E-state index in [0.717, 1.165) is 23.8 Å². The molecule has 0 saturated heterocycles. The molecule has 7 rings (SSSR count). The number of benzene rings is 6. The first-order chi connectivity index (χ1) is 40.9. The molecule has 0 atom stereocenters. The topological polar surface area (TPSA) is 243 Å². The fourth-order valence-corrected chi connectivity index (χ4v) is 7.27. The predicted octanol–water partition coefficient (Wildman–Crippen LogP) is 12.3. The van der Waals surface area contributed by atoms with Crippen molar-refractivity contribution in [1.82, 2.24) is 15.0 Å². The molecular weight excluding hydrogens is 1080 g/mol. The Balaban J connectivity index is 0.961. The molecular formula is C64H62N6O14. The SMILES string of the molecule is C=CC(=O)OCCCCOc1ccc(C(=C)Oc2ccc(Nc3nc(Nc4ccc(OC(=O)c5ccc(OCCCCOC(=O)C=C)cc5)cc4)nc(Nc4ccc(OC(=O)c5ccc(OCCCCOC(=O)C=C)cc5)cc4)n3)cc2)cc1. The Morgan fingerprint density at radius 3 is 0.905 bits per heavy atom. The van der Waals surface area contributed by atoms with Gasteiger partial charge in [0.15, 0.2) is 0 Å². The summed E-state index contributed by atoms with van der Waals surface area (Å²) in [6, 6.07) is 40.9. The van der Waals surface area contributed by atoms with E-state index in [1.165, 1.54) is 0 Å². The number of ether oxygens (including phenoxy) is 9. The average Bonchev–Trinajstić information content (AvgIpc) is 3.54. The second kappa shape index (κ2) is 32.5. The van der Waals surface area contributed by atoms with Gasteiger partial charge in [-0.3, -0.25) is 0 Å². The van der Waals surface area contributed by atoms with E-state index in [9.17, 15) is 24.0 Å². The summed E-state index contributed by atoms with van der Waals surface area (Å²) < 4.78 is 49.6. The van der Waals surface area contributed by atoms with Crippen LogP contribution in [0.25, 0.3) is 5.76 Å². The van der Waals surface area contributed by atoms with E-state index in [1.807, 2.05) is 24.3 Å². The van der Waals surface area contributed by atoms with Gasteiger partial charge in [0.2, 0.25) is 17.8 Å². The summed E-state index contributed by atoms with van der Waals surface area (Å²) in [6.45, 7) is 16.4. The highest BCUT2D eigenvalue weighted by molar-refractivity contribution is 5.92. The van der Waals surface area contributed by atoms with E-state index in [0.29, 0.717) is 133 Å². The van der Waals surface area contributed by atoms with Crippen LogP contribution in [0, 0.1) is 0 Å². The maximum absolute atomic E-state index is 13.1. The van der Waals surface area contributed by atoms with Crippen LogP contribution >= 0.6 is 0 Å². The number of esters is 5. The van der Waals surface area contributed by atoms with Crippen LogP contribution < -0.4 is 44.4 Å². The first-order valence-electron chi connectivity index (χ1n) is 26.7. The molecule has 432 valence electrons. The van der Waals surface area contributed by atoms with Crippen LogP contribution in [0.5, 0.6) is 34.5 Å². The van der Waals surface area contributed by atoms with Crippen molar-refractivity contribution < 1.29 is 66.6 Å². The summed E-state index contributed by atoms with van der Waals surface area (Å²) >= 11 is 0. The molecule has 6 aromatic carbocycles. The number of hydrogen-bond acceptors (Lipinski definition) is 20. The number of carbonyl (C=O) groups is 5. The lowest BCUT2D eigenvalue weighted by Crippen LogP contribution is -2.09. The van der Waals surface area contributed by atoms with Crippen molar-refractivity contribution in [2.75, 3.05) is 55.6 Å². The summed E-state index contributed by atoms with van der Waals surface area (Å²) in [5.41, 5.74) is 3.16. The molecule has 3 N–H and O–H groups in total. The van der Waals surface area contributed by atoms with Crippen molar-refractivity contribution in [1.29, 1.82) is 0 Å². The van der Waals surface area contributed by atoms with Crippen molar-refractivity contribution in [3.63, 3.8) is 0 Å². The van der Waals surface area contributed by atoms with E-state index in [1.54, 1.807) is 121 Å². The van der Waals surface area contributed by atoms with Crippen LogP contribution in [0.4, 0.5) is 34.9 Å². The number of hydrogen-bond donors (Lipinski definition) is 3. The molecule has 0 amide bonds. The molecule has 20 nitrogen and oxygen atoms in total. The summed E-state index contributed by atoms with van der Waals surface area (Å²) in [4.78, 5) is 73.6. The summed E-state index contributed by atoms with van der Waals surface area (Å²) in [5.74, 6) is 1.36. The lowest BCUT2D eigenvalue weighted by atomic mass is 10.2. The van der Waals surface area contributed by atoms with Crippen molar-refractivity contribution in [3.8, 4) is 34.5 Å². The van der Waals surface area contributed by atoms with E-state index in [2.05, 4.69) is 57.2 Å². The van der Waals surface area contributed by atoms with Crippen molar-refractivity contribution in [2.45, 2.75) is 38.5 Å². The Hall–Kier alpha value is -10.8. The Bertz CT molecular complexity index is 2970. The van der Waals surface area contributed by atoms with Gasteiger partial charge in [-0.1, -0.05) is 26.3 Å². The Kier molecular flexibility index (Phi) is 23.5. The molecule has 0 aliphatic carbocycles. The van der Waals surface area contributed by atoms with E-state index in [4.69, 9.17) is 42.6 Å².